The summed E-state index contributed by atoms with van der Waals surface area (Å²) in [5.74, 6) is 0.907. The van der Waals surface area contributed by atoms with Gasteiger partial charge in [0.1, 0.15) is 5.78 Å². The Bertz CT molecular complexity index is 166. The van der Waals surface area contributed by atoms with Gasteiger partial charge in [0.2, 0.25) is 0 Å². The molecule has 0 rings (SSSR count). The SMILES string of the molecule is C=C(N)NCCCC(C)C(C)=O. The van der Waals surface area contributed by atoms with Crippen LogP contribution < -0.4 is 11.1 Å². The van der Waals surface area contributed by atoms with Crippen molar-refractivity contribution in [2.24, 2.45) is 11.7 Å². The first-order valence-corrected chi connectivity index (χ1v) is 4.22. The standard InChI is InChI=1S/C9H18N2O/c1-7(8(2)12)5-4-6-11-9(3)10/h7,11H,3-6,10H2,1-2H3. The van der Waals surface area contributed by atoms with Gasteiger partial charge in [-0.2, -0.15) is 0 Å². The Morgan fingerprint density at radius 2 is 2.25 bits per heavy atom. The molecule has 0 aliphatic rings. The van der Waals surface area contributed by atoms with Crippen molar-refractivity contribution in [2.45, 2.75) is 26.7 Å². The molecule has 0 bridgehead atoms. The normalized spacial score (nSPS) is 12.2. The third-order valence-electron chi connectivity index (χ3n) is 1.86. The van der Waals surface area contributed by atoms with E-state index in [1.807, 2.05) is 6.92 Å². The second-order valence-electron chi connectivity index (χ2n) is 3.11. The van der Waals surface area contributed by atoms with Gasteiger partial charge >= 0.3 is 0 Å². The molecule has 0 aliphatic heterocycles. The quantitative estimate of drug-likeness (QED) is 0.585. The first-order valence-electron chi connectivity index (χ1n) is 4.22. The fourth-order valence-corrected chi connectivity index (χ4v) is 0.860. The van der Waals surface area contributed by atoms with E-state index in [0.29, 0.717) is 5.82 Å². The van der Waals surface area contributed by atoms with Crippen LogP contribution in [0.3, 0.4) is 0 Å². The molecule has 0 spiro atoms. The number of Topliss-reactive ketones (excluding diaryl/α,β-unsaturated/α-hetero) is 1. The molecule has 3 N–H and O–H groups in total. The monoisotopic (exact) mass is 170 g/mol. The summed E-state index contributed by atoms with van der Waals surface area (Å²) in [7, 11) is 0. The molecule has 12 heavy (non-hydrogen) atoms. The molecule has 0 aromatic heterocycles. The topological polar surface area (TPSA) is 55.1 Å². The van der Waals surface area contributed by atoms with Crippen LogP contribution in [-0.4, -0.2) is 12.3 Å². The van der Waals surface area contributed by atoms with Gasteiger partial charge in [-0.15, -0.1) is 0 Å². The van der Waals surface area contributed by atoms with Gasteiger partial charge in [-0.25, -0.2) is 0 Å². The molecule has 0 fully saturated rings. The van der Waals surface area contributed by atoms with Crippen molar-refractivity contribution in [2.75, 3.05) is 6.54 Å². The van der Waals surface area contributed by atoms with E-state index in [4.69, 9.17) is 5.73 Å². The Balaban J connectivity index is 3.31. The molecular formula is C9H18N2O. The van der Waals surface area contributed by atoms with Gasteiger partial charge in [-0.05, 0) is 19.8 Å². The van der Waals surface area contributed by atoms with Gasteiger partial charge in [0, 0.05) is 12.5 Å². The number of hydrogen-bond donors (Lipinski definition) is 2. The number of rotatable bonds is 6. The van der Waals surface area contributed by atoms with Crippen molar-refractivity contribution in [1.29, 1.82) is 0 Å². The summed E-state index contributed by atoms with van der Waals surface area (Å²) in [6.07, 6.45) is 1.87. The maximum absolute atomic E-state index is 10.8. The average molecular weight is 170 g/mol. The lowest BCUT2D eigenvalue weighted by Crippen LogP contribution is -2.20. The Morgan fingerprint density at radius 1 is 1.67 bits per heavy atom. The smallest absolute Gasteiger partial charge is 0.132 e. The average Bonchev–Trinajstić information content (AvgIpc) is 1.97. The molecule has 0 amide bonds. The lowest BCUT2D eigenvalue weighted by molar-refractivity contribution is -0.120. The number of ketones is 1. The minimum atomic E-state index is 0.165. The molecule has 3 heteroatoms. The van der Waals surface area contributed by atoms with Crippen molar-refractivity contribution in [3.63, 3.8) is 0 Å². The molecule has 0 radical (unpaired) electrons. The van der Waals surface area contributed by atoms with Crippen LogP contribution in [0.15, 0.2) is 12.4 Å². The molecular weight excluding hydrogens is 152 g/mol. The Labute approximate surface area is 74.0 Å². The summed E-state index contributed by atoms with van der Waals surface area (Å²) in [6, 6.07) is 0. The molecule has 0 saturated heterocycles. The Morgan fingerprint density at radius 3 is 2.67 bits per heavy atom. The van der Waals surface area contributed by atoms with Gasteiger partial charge in [0.15, 0.2) is 0 Å². The first-order chi connectivity index (χ1) is 5.54. The zero-order valence-corrected chi connectivity index (χ0v) is 7.89. The van der Waals surface area contributed by atoms with Crippen LogP contribution in [0, 0.1) is 5.92 Å². The van der Waals surface area contributed by atoms with Crippen LogP contribution >= 0.6 is 0 Å². The molecule has 1 unspecified atom stereocenters. The van der Waals surface area contributed by atoms with E-state index in [0.717, 1.165) is 19.4 Å². The second-order valence-corrected chi connectivity index (χ2v) is 3.11. The van der Waals surface area contributed by atoms with Gasteiger partial charge in [0.25, 0.3) is 0 Å². The Kier molecular flexibility index (Phi) is 5.17. The highest BCUT2D eigenvalue weighted by atomic mass is 16.1. The molecule has 3 nitrogen and oxygen atoms in total. The van der Waals surface area contributed by atoms with Crippen molar-refractivity contribution in [3.05, 3.63) is 12.4 Å². The summed E-state index contributed by atoms with van der Waals surface area (Å²) in [5.41, 5.74) is 5.30. The summed E-state index contributed by atoms with van der Waals surface area (Å²) in [6.45, 7) is 7.87. The molecule has 0 aliphatic carbocycles. The third-order valence-corrected chi connectivity index (χ3v) is 1.86. The summed E-state index contributed by atoms with van der Waals surface area (Å²) in [4.78, 5) is 10.8. The largest absolute Gasteiger partial charge is 0.386 e. The molecule has 0 aromatic carbocycles. The van der Waals surface area contributed by atoms with E-state index in [1.54, 1.807) is 6.92 Å². The fraction of sp³-hybridized carbons (Fsp3) is 0.667. The summed E-state index contributed by atoms with van der Waals surface area (Å²) < 4.78 is 0. The first kappa shape index (κ1) is 11.0. The van der Waals surface area contributed by atoms with Crippen LogP contribution in [-0.2, 0) is 4.79 Å². The zero-order valence-electron chi connectivity index (χ0n) is 7.89. The maximum atomic E-state index is 10.8. The second kappa shape index (κ2) is 5.63. The number of carbonyl (C=O) groups is 1. The molecule has 0 aromatic rings. The third kappa shape index (κ3) is 5.77. The fourth-order valence-electron chi connectivity index (χ4n) is 0.860. The van der Waals surface area contributed by atoms with E-state index < -0.39 is 0 Å². The molecule has 0 saturated carbocycles. The van der Waals surface area contributed by atoms with Gasteiger partial charge in [0.05, 0.1) is 5.82 Å². The predicted octanol–water partition coefficient (Wildman–Crippen LogP) is 1.01. The number of nitrogens with one attached hydrogen (secondary N) is 1. The molecule has 0 heterocycles. The molecule has 70 valence electrons. The molecule has 1 atom stereocenters. The van der Waals surface area contributed by atoms with Crippen LogP contribution in [0.5, 0.6) is 0 Å². The van der Waals surface area contributed by atoms with Crippen LogP contribution in [0.2, 0.25) is 0 Å². The lowest BCUT2D eigenvalue weighted by atomic mass is 10.0. The summed E-state index contributed by atoms with van der Waals surface area (Å²) in [5, 5.41) is 2.91. The minimum Gasteiger partial charge on any atom is -0.386 e. The van der Waals surface area contributed by atoms with Crippen LogP contribution in [0.25, 0.3) is 0 Å². The number of hydrogen-bond acceptors (Lipinski definition) is 3. The maximum Gasteiger partial charge on any atom is 0.132 e. The van der Waals surface area contributed by atoms with E-state index in [2.05, 4.69) is 11.9 Å². The van der Waals surface area contributed by atoms with Crippen molar-refractivity contribution in [1.82, 2.24) is 5.32 Å². The number of carbonyl (C=O) groups excluding carboxylic acids is 1. The van der Waals surface area contributed by atoms with Crippen molar-refractivity contribution < 1.29 is 4.79 Å². The highest BCUT2D eigenvalue weighted by Gasteiger charge is 2.05. The van der Waals surface area contributed by atoms with Gasteiger partial charge < -0.3 is 11.1 Å². The summed E-state index contributed by atoms with van der Waals surface area (Å²) >= 11 is 0. The van der Waals surface area contributed by atoms with E-state index in [1.165, 1.54) is 0 Å². The van der Waals surface area contributed by atoms with E-state index in [-0.39, 0.29) is 11.7 Å². The van der Waals surface area contributed by atoms with E-state index >= 15 is 0 Å². The lowest BCUT2D eigenvalue weighted by Gasteiger charge is -2.08. The number of nitrogens with two attached hydrogens (primary N) is 1. The highest BCUT2D eigenvalue weighted by Crippen LogP contribution is 2.05. The predicted molar refractivity (Wildman–Crippen MR) is 50.4 cm³/mol. The van der Waals surface area contributed by atoms with Crippen LogP contribution in [0.4, 0.5) is 0 Å². The van der Waals surface area contributed by atoms with E-state index in [9.17, 15) is 4.79 Å². The van der Waals surface area contributed by atoms with Gasteiger partial charge in [-0.1, -0.05) is 13.5 Å². The zero-order chi connectivity index (χ0) is 9.56. The highest BCUT2D eigenvalue weighted by molar-refractivity contribution is 5.77. The minimum absolute atomic E-state index is 0.165. The Hall–Kier alpha value is -0.990. The van der Waals surface area contributed by atoms with Crippen molar-refractivity contribution in [3.8, 4) is 0 Å². The van der Waals surface area contributed by atoms with Crippen LogP contribution in [0.1, 0.15) is 26.7 Å². The van der Waals surface area contributed by atoms with Gasteiger partial charge in [-0.3, -0.25) is 4.79 Å². The van der Waals surface area contributed by atoms with Crippen molar-refractivity contribution >= 4 is 5.78 Å².